The standard InChI is InChI=1S/C14H11NO3/c16-14(17)15-12-4-2-1-3-11(12)9-13(15)10-5-7-18-8-6-10/h1-7,9H,8H2,(H,16,17). The summed E-state index contributed by atoms with van der Waals surface area (Å²) in [5.41, 5.74) is 2.23. The number of rotatable bonds is 1. The summed E-state index contributed by atoms with van der Waals surface area (Å²) in [5, 5.41) is 10.3. The highest BCUT2D eigenvalue weighted by Gasteiger charge is 2.16. The Labute approximate surface area is 103 Å². The van der Waals surface area contributed by atoms with Gasteiger partial charge in [-0.3, -0.25) is 0 Å². The Bertz CT molecular complexity index is 679. The Morgan fingerprint density at radius 3 is 2.89 bits per heavy atom. The van der Waals surface area contributed by atoms with Gasteiger partial charge in [-0.25, -0.2) is 9.36 Å². The second kappa shape index (κ2) is 4.07. The van der Waals surface area contributed by atoms with Gasteiger partial charge in [0.05, 0.1) is 17.5 Å². The number of hydrogen-bond acceptors (Lipinski definition) is 2. The molecule has 0 atom stereocenters. The van der Waals surface area contributed by atoms with Crippen molar-refractivity contribution in [1.82, 2.24) is 4.57 Å². The first-order valence-corrected chi connectivity index (χ1v) is 5.60. The third-order valence-corrected chi connectivity index (χ3v) is 2.94. The average molecular weight is 241 g/mol. The predicted molar refractivity (Wildman–Crippen MR) is 68.4 cm³/mol. The van der Waals surface area contributed by atoms with Crippen molar-refractivity contribution in [3.05, 3.63) is 54.4 Å². The number of hydrogen-bond donors (Lipinski definition) is 1. The number of fused-ring (bicyclic) bond motifs is 1. The molecule has 2 heterocycles. The molecule has 1 aromatic heterocycles. The fourth-order valence-electron chi connectivity index (χ4n) is 2.15. The summed E-state index contributed by atoms with van der Waals surface area (Å²) in [5.74, 6) is 0. The summed E-state index contributed by atoms with van der Waals surface area (Å²) >= 11 is 0. The molecule has 4 nitrogen and oxygen atoms in total. The molecule has 3 rings (SSSR count). The van der Waals surface area contributed by atoms with Gasteiger partial charge in [-0.2, -0.15) is 0 Å². The van der Waals surface area contributed by atoms with Crippen LogP contribution < -0.4 is 0 Å². The lowest BCUT2D eigenvalue weighted by Crippen LogP contribution is -2.11. The van der Waals surface area contributed by atoms with Crippen molar-refractivity contribution in [2.45, 2.75) is 0 Å². The van der Waals surface area contributed by atoms with E-state index in [1.54, 1.807) is 18.4 Å². The van der Waals surface area contributed by atoms with Crippen LogP contribution in [0.3, 0.4) is 0 Å². The number of nitrogens with zero attached hydrogens (tertiary/aromatic N) is 1. The zero-order chi connectivity index (χ0) is 12.5. The fraction of sp³-hybridized carbons (Fsp3) is 0.0714. The van der Waals surface area contributed by atoms with Crippen molar-refractivity contribution < 1.29 is 14.6 Å². The van der Waals surface area contributed by atoms with Crippen LogP contribution in [0.2, 0.25) is 0 Å². The normalized spacial score (nSPS) is 14.3. The van der Waals surface area contributed by atoms with E-state index in [0.717, 1.165) is 11.0 Å². The molecule has 0 spiro atoms. The van der Waals surface area contributed by atoms with Gasteiger partial charge in [0.1, 0.15) is 6.61 Å². The molecule has 0 bridgehead atoms. The predicted octanol–water partition coefficient (Wildman–Crippen LogP) is 3.09. The van der Waals surface area contributed by atoms with Gasteiger partial charge in [-0.15, -0.1) is 0 Å². The van der Waals surface area contributed by atoms with Crippen molar-refractivity contribution in [3.8, 4) is 0 Å². The Morgan fingerprint density at radius 1 is 1.33 bits per heavy atom. The molecule has 0 saturated carbocycles. The van der Waals surface area contributed by atoms with Crippen LogP contribution in [0.4, 0.5) is 4.79 Å². The highest BCUT2D eigenvalue weighted by Crippen LogP contribution is 2.26. The van der Waals surface area contributed by atoms with Gasteiger partial charge in [0.15, 0.2) is 0 Å². The molecule has 1 N–H and O–H groups in total. The monoisotopic (exact) mass is 241 g/mol. The highest BCUT2D eigenvalue weighted by molar-refractivity contribution is 5.95. The minimum absolute atomic E-state index is 0.465. The molecule has 4 heteroatoms. The number of ether oxygens (including phenoxy) is 1. The van der Waals surface area contributed by atoms with Crippen LogP contribution in [0.1, 0.15) is 5.69 Å². The van der Waals surface area contributed by atoms with Gasteiger partial charge in [0, 0.05) is 11.0 Å². The number of carbonyl (C=O) groups is 1. The number of carboxylic acid groups (broad SMARTS) is 1. The van der Waals surface area contributed by atoms with Crippen molar-refractivity contribution >= 4 is 22.6 Å². The number of aromatic nitrogens is 1. The Hall–Kier alpha value is -2.49. The quantitative estimate of drug-likeness (QED) is 0.834. The van der Waals surface area contributed by atoms with Crippen molar-refractivity contribution in [2.75, 3.05) is 6.61 Å². The van der Waals surface area contributed by atoms with E-state index in [2.05, 4.69) is 0 Å². The molecule has 0 aliphatic carbocycles. The lowest BCUT2D eigenvalue weighted by molar-refractivity contribution is 0.197. The van der Waals surface area contributed by atoms with Gasteiger partial charge in [0.25, 0.3) is 0 Å². The molecule has 1 aliphatic heterocycles. The van der Waals surface area contributed by atoms with Crippen molar-refractivity contribution in [2.24, 2.45) is 0 Å². The van der Waals surface area contributed by atoms with E-state index in [4.69, 9.17) is 4.74 Å². The molecule has 90 valence electrons. The molecule has 0 radical (unpaired) electrons. The van der Waals surface area contributed by atoms with E-state index in [0.29, 0.717) is 17.8 Å². The Morgan fingerprint density at radius 2 is 2.17 bits per heavy atom. The first-order chi connectivity index (χ1) is 8.77. The SMILES string of the molecule is O=C(O)n1c(C2=CCOC=C2)cc2ccccc21. The topological polar surface area (TPSA) is 51.5 Å². The molecule has 0 amide bonds. The number of para-hydroxylation sites is 1. The highest BCUT2D eigenvalue weighted by atomic mass is 16.5. The molecule has 18 heavy (non-hydrogen) atoms. The lowest BCUT2D eigenvalue weighted by atomic mass is 10.1. The fourth-order valence-corrected chi connectivity index (χ4v) is 2.15. The third-order valence-electron chi connectivity index (χ3n) is 2.94. The van der Waals surface area contributed by atoms with E-state index in [-0.39, 0.29) is 0 Å². The Kier molecular flexibility index (Phi) is 2.41. The third kappa shape index (κ3) is 1.59. The minimum Gasteiger partial charge on any atom is -0.497 e. The van der Waals surface area contributed by atoms with Gasteiger partial charge >= 0.3 is 6.09 Å². The summed E-state index contributed by atoms with van der Waals surface area (Å²) in [6, 6.07) is 9.32. The van der Waals surface area contributed by atoms with Crippen LogP contribution in [-0.2, 0) is 4.74 Å². The van der Waals surface area contributed by atoms with Crippen LogP contribution in [-0.4, -0.2) is 22.4 Å². The molecule has 1 aliphatic rings. The van der Waals surface area contributed by atoms with E-state index in [1.165, 1.54) is 4.57 Å². The molecule has 2 aromatic rings. The second-order valence-electron chi connectivity index (χ2n) is 4.00. The van der Waals surface area contributed by atoms with E-state index in [9.17, 15) is 9.90 Å². The van der Waals surface area contributed by atoms with Gasteiger partial charge < -0.3 is 9.84 Å². The van der Waals surface area contributed by atoms with Gasteiger partial charge in [0.2, 0.25) is 0 Å². The van der Waals surface area contributed by atoms with Crippen molar-refractivity contribution in [1.29, 1.82) is 0 Å². The van der Waals surface area contributed by atoms with Crippen LogP contribution in [0.5, 0.6) is 0 Å². The zero-order valence-electron chi connectivity index (χ0n) is 9.54. The van der Waals surface area contributed by atoms with Crippen LogP contribution >= 0.6 is 0 Å². The van der Waals surface area contributed by atoms with E-state index >= 15 is 0 Å². The molecule has 1 aromatic carbocycles. The summed E-state index contributed by atoms with van der Waals surface area (Å²) in [6.45, 7) is 0.465. The number of allylic oxidation sites excluding steroid dienone is 2. The molecular weight excluding hydrogens is 230 g/mol. The summed E-state index contributed by atoms with van der Waals surface area (Å²) in [4.78, 5) is 11.4. The van der Waals surface area contributed by atoms with E-state index in [1.807, 2.05) is 30.3 Å². The van der Waals surface area contributed by atoms with E-state index < -0.39 is 6.09 Å². The van der Waals surface area contributed by atoms with Crippen LogP contribution in [0, 0.1) is 0 Å². The Balaban J connectivity index is 2.28. The smallest absolute Gasteiger partial charge is 0.416 e. The maximum Gasteiger partial charge on any atom is 0.416 e. The summed E-state index contributed by atoms with van der Waals surface area (Å²) < 4.78 is 6.38. The largest absolute Gasteiger partial charge is 0.497 e. The zero-order valence-corrected chi connectivity index (χ0v) is 9.54. The molecule has 0 saturated heterocycles. The lowest BCUT2D eigenvalue weighted by Gasteiger charge is -2.09. The maximum absolute atomic E-state index is 11.4. The summed E-state index contributed by atoms with van der Waals surface area (Å²) in [6.07, 6.45) is 4.25. The molecular formula is C14H11NO3. The summed E-state index contributed by atoms with van der Waals surface area (Å²) in [7, 11) is 0. The molecule has 0 unspecified atom stereocenters. The van der Waals surface area contributed by atoms with Gasteiger partial charge in [-0.1, -0.05) is 18.2 Å². The molecule has 0 fully saturated rings. The van der Waals surface area contributed by atoms with Crippen molar-refractivity contribution in [3.63, 3.8) is 0 Å². The first kappa shape index (κ1) is 10.7. The first-order valence-electron chi connectivity index (χ1n) is 5.60. The van der Waals surface area contributed by atoms with Gasteiger partial charge in [-0.05, 0) is 24.3 Å². The maximum atomic E-state index is 11.4. The average Bonchev–Trinajstić information content (AvgIpc) is 2.79. The number of benzene rings is 1. The van der Waals surface area contributed by atoms with Crippen LogP contribution in [0.25, 0.3) is 16.5 Å². The van der Waals surface area contributed by atoms with Crippen LogP contribution in [0.15, 0.2) is 48.7 Å². The second-order valence-corrected chi connectivity index (χ2v) is 4.00. The minimum atomic E-state index is -0.980.